The topological polar surface area (TPSA) is 142 Å². The fourth-order valence-corrected chi connectivity index (χ4v) is 4.95. The van der Waals surface area contributed by atoms with Crippen LogP contribution >= 0.6 is 0 Å². The molecule has 0 bridgehead atoms. The van der Waals surface area contributed by atoms with Crippen LogP contribution in [0.25, 0.3) is 22.6 Å². The summed E-state index contributed by atoms with van der Waals surface area (Å²) in [5.41, 5.74) is 2.16. The molecule has 0 spiro atoms. The van der Waals surface area contributed by atoms with Crippen molar-refractivity contribution in [1.82, 2.24) is 35.1 Å². The Hall–Kier alpha value is -4.30. The van der Waals surface area contributed by atoms with Gasteiger partial charge in [-0.25, -0.2) is 19.3 Å². The average Bonchev–Trinajstić information content (AvgIpc) is 3.72. The van der Waals surface area contributed by atoms with Gasteiger partial charge in [-0.05, 0) is 55.8 Å². The smallest absolute Gasteiger partial charge is 0.235 e. The highest BCUT2D eigenvalue weighted by Crippen LogP contribution is 2.36. The second-order valence-electron chi connectivity index (χ2n) is 10.9. The van der Waals surface area contributed by atoms with Crippen molar-refractivity contribution < 1.29 is 18.7 Å². The summed E-state index contributed by atoms with van der Waals surface area (Å²) in [5.74, 6) is 0.335. The number of rotatable bonds is 10. The summed E-state index contributed by atoms with van der Waals surface area (Å²) in [6, 6.07) is 11.4. The van der Waals surface area contributed by atoms with E-state index in [0.29, 0.717) is 40.1 Å². The van der Waals surface area contributed by atoms with Crippen molar-refractivity contribution in [1.29, 1.82) is 0 Å². The number of halogens is 1. The number of ether oxygens (including phenoxy) is 2. The fourth-order valence-electron chi connectivity index (χ4n) is 4.95. The molecule has 0 saturated carbocycles. The number of nitrogens with zero attached hydrogens (tertiary/aromatic N) is 5. The molecule has 13 heteroatoms. The zero-order valence-electron chi connectivity index (χ0n) is 23.8. The molecule has 2 aliphatic rings. The van der Waals surface area contributed by atoms with E-state index in [9.17, 15) is 9.18 Å². The number of carbonyl (C=O) groups excluding carboxylic acids is 1. The first-order valence-electron chi connectivity index (χ1n) is 14.3. The van der Waals surface area contributed by atoms with Crippen molar-refractivity contribution in [3.05, 3.63) is 72.7 Å². The van der Waals surface area contributed by atoms with Crippen molar-refractivity contribution in [3.8, 4) is 22.6 Å². The van der Waals surface area contributed by atoms with Gasteiger partial charge >= 0.3 is 0 Å². The summed E-state index contributed by atoms with van der Waals surface area (Å²) in [6.07, 6.45) is 5.02. The number of aromatic amines is 1. The van der Waals surface area contributed by atoms with Crippen molar-refractivity contribution >= 4 is 17.5 Å². The van der Waals surface area contributed by atoms with Crippen LogP contribution in [0.2, 0.25) is 0 Å². The molecule has 2 saturated heterocycles. The molecular formula is C30H34FN9O3. The van der Waals surface area contributed by atoms with Gasteiger partial charge in [0.25, 0.3) is 0 Å². The second kappa shape index (κ2) is 12.9. The number of imidazole rings is 1. The van der Waals surface area contributed by atoms with E-state index < -0.39 is 11.7 Å². The molecule has 3 aromatic heterocycles. The number of benzene rings is 1. The van der Waals surface area contributed by atoms with Crippen molar-refractivity contribution in [3.63, 3.8) is 0 Å². The first kappa shape index (κ1) is 28.8. The first-order valence-corrected chi connectivity index (χ1v) is 14.3. The van der Waals surface area contributed by atoms with E-state index in [1.807, 2.05) is 0 Å². The van der Waals surface area contributed by atoms with E-state index in [4.69, 9.17) is 19.4 Å². The van der Waals surface area contributed by atoms with Gasteiger partial charge in [0, 0.05) is 50.8 Å². The number of nitrogens with one attached hydrogen (secondary N) is 4. The summed E-state index contributed by atoms with van der Waals surface area (Å²) in [4.78, 5) is 36.6. The molecule has 1 aromatic carbocycles. The van der Waals surface area contributed by atoms with Crippen LogP contribution < -0.4 is 16.0 Å². The molecule has 6 rings (SSSR count). The molecule has 0 radical (unpaired) electrons. The molecular weight excluding hydrogens is 553 g/mol. The summed E-state index contributed by atoms with van der Waals surface area (Å²) in [6.45, 7) is 6.74. The minimum absolute atomic E-state index is 0.112. The molecule has 4 aromatic rings. The summed E-state index contributed by atoms with van der Waals surface area (Å²) < 4.78 is 25.8. The van der Waals surface area contributed by atoms with Crippen LogP contribution in [-0.4, -0.2) is 81.8 Å². The normalized spacial score (nSPS) is 20.7. The lowest BCUT2D eigenvalue weighted by atomic mass is 9.91. The quantitative estimate of drug-likeness (QED) is 0.204. The molecule has 0 atom stereocenters. The van der Waals surface area contributed by atoms with Crippen LogP contribution in [-0.2, 0) is 14.3 Å². The van der Waals surface area contributed by atoms with Gasteiger partial charge in [0.1, 0.15) is 5.82 Å². The molecule has 5 heterocycles. The average molecular weight is 588 g/mol. The highest BCUT2D eigenvalue weighted by atomic mass is 19.1. The number of anilines is 2. The fraction of sp³-hybridized carbons (Fsp3) is 0.367. The summed E-state index contributed by atoms with van der Waals surface area (Å²) >= 11 is 0. The Bertz CT molecular complexity index is 1520. The Labute approximate surface area is 248 Å². The number of pyridine rings is 1. The molecule has 43 heavy (non-hydrogen) atoms. The zero-order valence-corrected chi connectivity index (χ0v) is 23.8. The van der Waals surface area contributed by atoms with Gasteiger partial charge in [-0.15, -0.1) is 0 Å². The number of carbonyl (C=O) groups is 1. The number of H-pyrrole nitrogens is 1. The molecule has 1 amide bonds. The molecule has 12 nitrogen and oxygen atoms in total. The number of hydrogen-bond acceptors (Lipinski definition) is 10. The van der Waals surface area contributed by atoms with Crippen molar-refractivity contribution in [2.75, 3.05) is 56.7 Å². The lowest BCUT2D eigenvalue weighted by molar-refractivity contribution is -0.229. The number of amides is 1. The maximum absolute atomic E-state index is 13.8. The Balaban J connectivity index is 1.18. The van der Waals surface area contributed by atoms with E-state index in [2.05, 4.69) is 35.8 Å². The van der Waals surface area contributed by atoms with Crippen molar-refractivity contribution in [2.24, 2.45) is 5.41 Å². The SMILES string of the molecule is CC1(C(=O)Nc2cccnc2)COC(c2nc(-c3ccc(F)cc3)c(-c3ccnc(NCCCN4CCNC4)n3)[nH]2)OC1. The van der Waals surface area contributed by atoms with Gasteiger partial charge in [0.05, 0.1) is 47.6 Å². The lowest BCUT2D eigenvalue weighted by Gasteiger charge is -2.35. The zero-order chi connectivity index (χ0) is 29.6. The standard InChI is InChI=1S/C30H34FN9O3/c1-30(28(41)36-22-4-2-10-32-16-22)17-42-27(43-18-30)26-38-24(20-5-7-21(31)8-6-20)25(39-26)23-9-12-35-29(37-23)34-11-3-14-40-15-13-33-19-40/h2,4-10,12,16,27,33H,3,11,13-15,17-19H2,1H3,(H,36,41)(H,38,39)(H,34,35,37). The van der Waals surface area contributed by atoms with E-state index in [1.54, 1.807) is 55.8 Å². The molecule has 0 unspecified atom stereocenters. The minimum atomic E-state index is -0.917. The van der Waals surface area contributed by atoms with Crippen LogP contribution in [0.5, 0.6) is 0 Å². The number of hydrogen-bond donors (Lipinski definition) is 4. The lowest BCUT2D eigenvalue weighted by Crippen LogP contribution is -2.45. The monoisotopic (exact) mass is 587 g/mol. The van der Waals surface area contributed by atoms with E-state index >= 15 is 0 Å². The Morgan fingerprint density at radius 3 is 2.72 bits per heavy atom. The predicted octanol–water partition coefficient (Wildman–Crippen LogP) is 3.42. The van der Waals surface area contributed by atoms with E-state index in [0.717, 1.165) is 39.3 Å². The van der Waals surface area contributed by atoms with Crippen LogP contribution in [0.4, 0.5) is 16.0 Å². The maximum atomic E-state index is 13.8. The second-order valence-corrected chi connectivity index (χ2v) is 10.9. The molecule has 2 fully saturated rings. The Kier molecular flexibility index (Phi) is 8.65. The van der Waals surface area contributed by atoms with E-state index in [1.165, 1.54) is 12.1 Å². The predicted molar refractivity (Wildman–Crippen MR) is 158 cm³/mol. The summed E-state index contributed by atoms with van der Waals surface area (Å²) in [7, 11) is 0. The van der Waals surface area contributed by atoms with Crippen molar-refractivity contribution in [2.45, 2.75) is 19.6 Å². The van der Waals surface area contributed by atoms with E-state index in [-0.39, 0.29) is 24.9 Å². The molecule has 2 aliphatic heterocycles. The molecule has 224 valence electrons. The largest absolute Gasteiger partial charge is 0.354 e. The van der Waals surface area contributed by atoms with Crippen LogP contribution in [0.1, 0.15) is 25.5 Å². The third-order valence-corrected chi connectivity index (χ3v) is 7.42. The Morgan fingerprint density at radius 2 is 1.98 bits per heavy atom. The number of aromatic nitrogens is 5. The van der Waals surface area contributed by atoms with Gasteiger partial charge in [-0.3, -0.25) is 14.7 Å². The third-order valence-electron chi connectivity index (χ3n) is 7.42. The van der Waals surface area contributed by atoms with Gasteiger partial charge in [-0.2, -0.15) is 0 Å². The first-order chi connectivity index (χ1) is 21.0. The summed E-state index contributed by atoms with van der Waals surface area (Å²) in [5, 5.41) is 9.51. The maximum Gasteiger partial charge on any atom is 0.235 e. The van der Waals surface area contributed by atoms with Gasteiger partial charge in [-0.1, -0.05) is 0 Å². The molecule has 4 N–H and O–H groups in total. The van der Waals surface area contributed by atoms with Crippen LogP contribution in [0.3, 0.4) is 0 Å². The van der Waals surface area contributed by atoms with Crippen LogP contribution in [0.15, 0.2) is 61.1 Å². The molecule has 0 aliphatic carbocycles. The third kappa shape index (κ3) is 6.86. The van der Waals surface area contributed by atoms with Crippen LogP contribution in [0, 0.1) is 11.2 Å². The minimum Gasteiger partial charge on any atom is -0.354 e. The van der Waals surface area contributed by atoms with Gasteiger partial charge < -0.3 is 30.4 Å². The Morgan fingerprint density at radius 1 is 1.14 bits per heavy atom. The highest BCUT2D eigenvalue weighted by molar-refractivity contribution is 5.95. The van der Waals surface area contributed by atoms with Gasteiger partial charge in [0.2, 0.25) is 18.1 Å². The van der Waals surface area contributed by atoms with Gasteiger partial charge in [0.15, 0.2) is 5.82 Å². The highest BCUT2D eigenvalue weighted by Gasteiger charge is 2.41.